The van der Waals surface area contributed by atoms with Crippen LogP contribution >= 0.6 is 0 Å². The zero-order valence-electron chi connectivity index (χ0n) is 10.9. The van der Waals surface area contributed by atoms with Gasteiger partial charge in [-0.1, -0.05) is 0 Å². The third-order valence-electron chi connectivity index (χ3n) is 4.42. The molecule has 0 amide bonds. The standard InChI is InChI=1S/C13H27N3/c1-15(2)13-4-3-9-16(10-13)12-7-5-11(14)6-8-12/h11-13H,3-10,14H2,1-2H3. The molecule has 16 heavy (non-hydrogen) atoms. The fourth-order valence-electron chi connectivity index (χ4n) is 3.20. The van der Waals surface area contributed by atoms with Crippen molar-refractivity contribution in [2.75, 3.05) is 27.2 Å². The molecule has 0 aromatic rings. The average molecular weight is 225 g/mol. The minimum Gasteiger partial charge on any atom is -0.328 e. The lowest BCUT2D eigenvalue weighted by atomic mass is 9.89. The van der Waals surface area contributed by atoms with E-state index in [1.165, 1.54) is 51.6 Å². The summed E-state index contributed by atoms with van der Waals surface area (Å²) < 4.78 is 0. The van der Waals surface area contributed by atoms with Crippen molar-refractivity contribution in [1.29, 1.82) is 0 Å². The third-order valence-corrected chi connectivity index (χ3v) is 4.42. The zero-order valence-corrected chi connectivity index (χ0v) is 10.9. The van der Waals surface area contributed by atoms with Crippen LogP contribution in [0.25, 0.3) is 0 Å². The van der Waals surface area contributed by atoms with Gasteiger partial charge in [0, 0.05) is 24.7 Å². The van der Waals surface area contributed by atoms with Crippen molar-refractivity contribution in [1.82, 2.24) is 9.80 Å². The van der Waals surface area contributed by atoms with Crippen molar-refractivity contribution in [2.45, 2.75) is 56.7 Å². The van der Waals surface area contributed by atoms with E-state index in [1.54, 1.807) is 0 Å². The molecule has 1 aliphatic carbocycles. The topological polar surface area (TPSA) is 32.5 Å². The smallest absolute Gasteiger partial charge is 0.0217 e. The Balaban J connectivity index is 1.84. The second kappa shape index (κ2) is 5.48. The van der Waals surface area contributed by atoms with Gasteiger partial charge >= 0.3 is 0 Å². The molecule has 94 valence electrons. The molecule has 2 aliphatic rings. The molecule has 0 spiro atoms. The molecule has 1 atom stereocenters. The summed E-state index contributed by atoms with van der Waals surface area (Å²) in [6, 6.07) is 2.07. The van der Waals surface area contributed by atoms with Crippen LogP contribution in [0, 0.1) is 0 Å². The van der Waals surface area contributed by atoms with E-state index in [9.17, 15) is 0 Å². The van der Waals surface area contributed by atoms with E-state index in [0.717, 1.165) is 12.1 Å². The van der Waals surface area contributed by atoms with Crippen molar-refractivity contribution in [3.05, 3.63) is 0 Å². The Morgan fingerprint density at radius 2 is 1.75 bits per heavy atom. The Labute approximate surface area is 100.0 Å². The highest BCUT2D eigenvalue weighted by atomic mass is 15.2. The summed E-state index contributed by atoms with van der Waals surface area (Å²) in [5, 5.41) is 0. The quantitative estimate of drug-likeness (QED) is 0.768. The average Bonchev–Trinajstić information content (AvgIpc) is 2.30. The number of likely N-dealkylation sites (N-methyl/N-ethyl adjacent to an activating group) is 1. The predicted molar refractivity (Wildman–Crippen MR) is 68.5 cm³/mol. The van der Waals surface area contributed by atoms with Gasteiger partial charge in [-0.15, -0.1) is 0 Å². The maximum Gasteiger partial charge on any atom is 0.0217 e. The largest absolute Gasteiger partial charge is 0.328 e. The highest BCUT2D eigenvalue weighted by Gasteiger charge is 2.29. The van der Waals surface area contributed by atoms with Crippen molar-refractivity contribution in [2.24, 2.45) is 5.73 Å². The molecule has 1 unspecified atom stereocenters. The maximum absolute atomic E-state index is 5.98. The molecule has 2 rings (SSSR count). The van der Waals surface area contributed by atoms with Gasteiger partial charge in [-0.2, -0.15) is 0 Å². The van der Waals surface area contributed by atoms with Crippen LogP contribution in [-0.2, 0) is 0 Å². The Morgan fingerprint density at radius 1 is 1.06 bits per heavy atom. The van der Waals surface area contributed by atoms with E-state index in [-0.39, 0.29) is 0 Å². The van der Waals surface area contributed by atoms with Crippen LogP contribution in [0.5, 0.6) is 0 Å². The predicted octanol–water partition coefficient (Wildman–Crippen LogP) is 1.28. The van der Waals surface area contributed by atoms with Gasteiger partial charge in [0.05, 0.1) is 0 Å². The van der Waals surface area contributed by atoms with Gasteiger partial charge in [-0.25, -0.2) is 0 Å². The zero-order chi connectivity index (χ0) is 11.5. The highest BCUT2D eigenvalue weighted by Crippen LogP contribution is 2.25. The summed E-state index contributed by atoms with van der Waals surface area (Å²) in [7, 11) is 4.43. The van der Waals surface area contributed by atoms with Crippen molar-refractivity contribution >= 4 is 0 Å². The molecule has 2 N–H and O–H groups in total. The fraction of sp³-hybridized carbons (Fsp3) is 1.00. The number of likely N-dealkylation sites (tertiary alicyclic amines) is 1. The molecule has 1 saturated carbocycles. The summed E-state index contributed by atoms with van der Waals surface area (Å²) in [5.41, 5.74) is 5.98. The van der Waals surface area contributed by atoms with Gasteiger partial charge in [0.15, 0.2) is 0 Å². The molecule has 0 aromatic heterocycles. The molecule has 0 bridgehead atoms. The van der Waals surface area contributed by atoms with E-state index in [1.807, 2.05) is 0 Å². The Kier molecular flexibility index (Phi) is 4.22. The molecule has 1 saturated heterocycles. The maximum atomic E-state index is 5.98. The fourth-order valence-corrected chi connectivity index (χ4v) is 3.20. The van der Waals surface area contributed by atoms with Crippen molar-refractivity contribution in [3.8, 4) is 0 Å². The first-order valence-electron chi connectivity index (χ1n) is 6.83. The summed E-state index contributed by atoms with van der Waals surface area (Å²) in [5.74, 6) is 0. The molecule has 2 fully saturated rings. The van der Waals surface area contributed by atoms with Crippen LogP contribution in [0.2, 0.25) is 0 Å². The molecular formula is C13H27N3. The number of hydrogen-bond donors (Lipinski definition) is 1. The summed E-state index contributed by atoms with van der Waals surface area (Å²) in [6.07, 6.45) is 7.84. The first-order chi connectivity index (χ1) is 7.66. The van der Waals surface area contributed by atoms with E-state index in [2.05, 4.69) is 23.9 Å². The number of nitrogens with zero attached hydrogens (tertiary/aromatic N) is 2. The van der Waals surface area contributed by atoms with Crippen LogP contribution in [0.15, 0.2) is 0 Å². The molecule has 0 aromatic carbocycles. The minimum absolute atomic E-state index is 0.477. The van der Waals surface area contributed by atoms with E-state index in [4.69, 9.17) is 5.73 Å². The second-order valence-electron chi connectivity index (χ2n) is 5.82. The third kappa shape index (κ3) is 2.96. The molecular weight excluding hydrogens is 198 g/mol. The van der Waals surface area contributed by atoms with Gasteiger partial charge in [-0.05, 0) is 59.2 Å². The molecule has 1 heterocycles. The highest BCUT2D eigenvalue weighted by molar-refractivity contribution is 4.86. The summed E-state index contributed by atoms with van der Waals surface area (Å²) >= 11 is 0. The Hall–Kier alpha value is -0.120. The SMILES string of the molecule is CN(C)C1CCCN(C2CCC(N)CC2)C1. The van der Waals surface area contributed by atoms with E-state index >= 15 is 0 Å². The van der Waals surface area contributed by atoms with Crippen LogP contribution in [0.1, 0.15) is 38.5 Å². The number of nitrogens with two attached hydrogens (primary N) is 1. The molecule has 1 aliphatic heterocycles. The van der Waals surface area contributed by atoms with Crippen molar-refractivity contribution in [3.63, 3.8) is 0 Å². The van der Waals surface area contributed by atoms with Crippen LogP contribution in [0.4, 0.5) is 0 Å². The van der Waals surface area contributed by atoms with Gasteiger partial charge < -0.3 is 10.6 Å². The first-order valence-corrected chi connectivity index (χ1v) is 6.83. The van der Waals surface area contributed by atoms with Crippen molar-refractivity contribution < 1.29 is 0 Å². The first kappa shape index (κ1) is 12.3. The number of rotatable bonds is 2. The van der Waals surface area contributed by atoms with Gasteiger partial charge in [0.25, 0.3) is 0 Å². The minimum atomic E-state index is 0.477. The second-order valence-corrected chi connectivity index (χ2v) is 5.82. The molecule has 3 heteroatoms. The van der Waals surface area contributed by atoms with Crippen LogP contribution < -0.4 is 5.73 Å². The lowest BCUT2D eigenvalue weighted by Gasteiger charge is -2.42. The Morgan fingerprint density at radius 3 is 2.38 bits per heavy atom. The summed E-state index contributed by atoms with van der Waals surface area (Å²) in [6.45, 7) is 2.58. The van der Waals surface area contributed by atoms with E-state index in [0.29, 0.717) is 6.04 Å². The summed E-state index contributed by atoms with van der Waals surface area (Å²) in [4.78, 5) is 5.11. The van der Waals surface area contributed by atoms with Gasteiger partial charge in [-0.3, -0.25) is 4.90 Å². The van der Waals surface area contributed by atoms with Gasteiger partial charge in [0.2, 0.25) is 0 Å². The lowest BCUT2D eigenvalue weighted by Crippen LogP contribution is -2.50. The van der Waals surface area contributed by atoms with Crippen LogP contribution in [-0.4, -0.2) is 55.1 Å². The molecule has 3 nitrogen and oxygen atoms in total. The van der Waals surface area contributed by atoms with E-state index < -0.39 is 0 Å². The Bertz CT molecular complexity index is 209. The van der Waals surface area contributed by atoms with Gasteiger partial charge in [0.1, 0.15) is 0 Å². The monoisotopic (exact) mass is 225 g/mol. The normalized spacial score (nSPS) is 37.9. The number of piperidine rings is 1. The molecule has 0 radical (unpaired) electrons. The number of hydrogen-bond acceptors (Lipinski definition) is 3. The van der Waals surface area contributed by atoms with Crippen LogP contribution in [0.3, 0.4) is 0 Å². The lowest BCUT2D eigenvalue weighted by molar-refractivity contribution is 0.0759.